The van der Waals surface area contributed by atoms with Gasteiger partial charge in [0, 0.05) is 6.54 Å². The maximum atomic E-state index is 12.0. The van der Waals surface area contributed by atoms with Gasteiger partial charge in [0.05, 0.1) is 0 Å². The molecule has 0 aromatic heterocycles. The molecule has 0 spiro atoms. The number of carbonyl (C=O) groups is 2. The van der Waals surface area contributed by atoms with Gasteiger partial charge in [-0.2, -0.15) is 0 Å². The molecule has 114 valence electrons. The predicted molar refractivity (Wildman–Crippen MR) is 76.5 cm³/mol. The average molecular weight is 282 g/mol. The van der Waals surface area contributed by atoms with Crippen LogP contribution in [0, 0.1) is 11.3 Å². The number of hydrogen-bond acceptors (Lipinski definition) is 2. The minimum Gasteiger partial charge on any atom is -0.480 e. The molecular weight excluding hydrogens is 256 g/mol. The van der Waals surface area contributed by atoms with Crippen molar-refractivity contribution in [3.05, 3.63) is 0 Å². The van der Waals surface area contributed by atoms with Crippen LogP contribution < -0.4 is 10.6 Å². The Hall–Kier alpha value is -1.26. The molecule has 20 heavy (non-hydrogen) atoms. The Labute approximate surface area is 120 Å². The quantitative estimate of drug-likeness (QED) is 0.725. The molecule has 2 aliphatic rings. The molecule has 2 aliphatic carbocycles. The van der Waals surface area contributed by atoms with E-state index in [9.17, 15) is 14.7 Å². The molecule has 0 aromatic carbocycles. The van der Waals surface area contributed by atoms with Crippen LogP contribution >= 0.6 is 0 Å². The molecule has 0 heterocycles. The highest BCUT2D eigenvalue weighted by Crippen LogP contribution is 2.39. The second kappa shape index (κ2) is 5.62. The van der Waals surface area contributed by atoms with E-state index in [2.05, 4.69) is 17.6 Å². The summed E-state index contributed by atoms with van der Waals surface area (Å²) in [6.45, 7) is 4.43. The van der Waals surface area contributed by atoms with Gasteiger partial charge in [-0.05, 0) is 43.9 Å². The van der Waals surface area contributed by atoms with E-state index in [0.29, 0.717) is 6.54 Å². The number of carboxylic acids is 1. The van der Waals surface area contributed by atoms with E-state index in [1.54, 1.807) is 6.92 Å². The predicted octanol–water partition coefficient (Wildman–Crippen LogP) is 2.51. The molecular formula is C15H26N2O3. The van der Waals surface area contributed by atoms with Crippen LogP contribution in [-0.2, 0) is 4.79 Å². The lowest BCUT2D eigenvalue weighted by Crippen LogP contribution is -2.57. The molecule has 2 saturated carbocycles. The van der Waals surface area contributed by atoms with Crippen LogP contribution in [0.5, 0.6) is 0 Å². The summed E-state index contributed by atoms with van der Waals surface area (Å²) in [4.78, 5) is 23.4. The third kappa shape index (κ3) is 3.44. The topological polar surface area (TPSA) is 78.4 Å². The summed E-state index contributed by atoms with van der Waals surface area (Å²) in [5.41, 5.74) is -0.966. The van der Waals surface area contributed by atoms with Gasteiger partial charge in [-0.3, -0.25) is 0 Å². The van der Waals surface area contributed by atoms with Gasteiger partial charge < -0.3 is 15.7 Å². The molecule has 0 saturated heterocycles. The van der Waals surface area contributed by atoms with Crippen LogP contribution in [0.3, 0.4) is 0 Å². The fourth-order valence-electron chi connectivity index (χ4n) is 3.15. The molecule has 0 radical (unpaired) electrons. The maximum absolute atomic E-state index is 12.0. The van der Waals surface area contributed by atoms with Gasteiger partial charge in [-0.25, -0.2) is 9.59 Å². The Balaban J connectivity index is 1.84. The first-order chi connectivity index (χ1) is 9.36. The van der Waals surface area contributed by atoms with E-state index in [1.807, 2.05) is 0 Å². The number of carbonyl (C=O) groups excluding carboxylic acids is 1. The van der Waals surface area contributed by atoms with Crippen LogP contribution in [0.2, 0.25) is 0 Å². The molecule has 0 aliphatic heterocycles. The number of hydrogen-bond donors (Lipinski definition) is 3. The molecule has 5 nitrogen and oxygen atoms in total. The van der Waals surface area contributed by atoms with Crippen LogP contribution in [0.25, 0.3) is 0 Å². The first-order valence-corrected chi connectivity index (χ1v) is 7.65. The second-order valence-electron chi connectivity index (χ2n) is 6.96. The Morgan fingerprint density at radius 2 is 1.85 bits per heavy atom. The number of carboxylic acid groups (broad SMARTS) is 1. The molecule has 3 N–H and O–H groups in total. The normalized spacial score (nSPS) is 24.5. The van der Waals surface area contributed by atoms with E-state index < -0.39 is 11.5 Å². The molecule has 2 rings (SSSR count). The molecule has 1 unspecified atom stereocenters. The summed E-state index contributed by atoms with van der Waals surface area (Å²) < 4.78 is 0. The second-order valence-corrected chi connectivity index (χ2v) is 6.96. The Morgan fingerprint density at radius 1 is 1.25 bits per heavy atom. The number of urea groups is 1. The molecule has 2 amide bonds. The zero-order valence-electron chi connectivity index (χ0n) is 12.5. The lowest BCUT2D eigenvalue weighted by Gasteiger charge is -2.34. The molecule has 5 heteroatoms. The summed E-state index contributed by atoms with van der Waals surface area (Å²) in [7, 11) is 0. The Kier molecular flexibility index (Phi) is 4.25. The number of nitrogens with one attached hydrogen (secondary N) is 2. The lowest BCUT2D eigenvalue weighted by molar-refractivity contribution is -0.144. The van der Waals surface area contributed by atoms with Crippen LogP contribution in [0.15, 0.2) is 0 Å². The fraction of sp³-hybridized carbons (Fsp3) is 0.867. The Morgan fingerprint density at radius 3 is 2.35 bits per heavy atom. The van der Waals surface area contributed by atoms with E-state index in [-0.39, 0.29) is 17.4 Å². The van der Waals surface area contributed by atoms with Crippen molar-refractivity contribution < 1.29 is 14.7 Å². The molecule has 0 aromatic rings. The SMILES string of the molecule is CC1(CNC(=O)NC(C)(C(=O)O)C2CC2)CCCCC1. The summed E-state index contributed by atoms with van der Waals surface area (Å²) in [5, 5.41) is 14.9. The van der Waals surface area contributed by atoms with Crippen LogP contribution in [-0.4, -0.2) is 29.2 Å². The first kappa shape index (κ1) is 15.1. The highest BCUT2D eigenvalue weighted by molar-refractivity contribution is 5.86. The zero-order chi connectivity index (χ0) is 14.8. The van der Waals surface area contributed by atoms with Gasteiger partial charge >= 0.3 is 12.0 Å². The van der Waals surface area contributed by atoms with E-state index in [4.69, 9.17) is 0 Å². The van der Waals surface area contributed by atoms with Crippen molar-refractivity contribution in [2.24, 2.45) is 11.3 Å². The van der Waals surface area contributed by atoms with E-state index in [0.717, 1.165) is 25.7 Å². The van der Waals surface area contributed by atoms with Crippen LogP contribution in [0.4, 0.5) is 4.79 Å². The highest BCUT2D eigenvalue weighted by atomic mass is 16.4. The summed E-state index contributed by atoms with van der Waals surface area (Å²) in [6, 6.07) is -0.353. The van der Waals surface area contributed by atoms with Gasteiger partial charge in [0.15, 0.2) is 0 Å². The third-order valence-corrected chi connectivity index (χ3v) is 4.95. The van der Waals surface area contributed by atoms with Crippen molar-refractivity contribution in [1.29, 1.82) is 0 Å². The smallest absolute Gasteiger partial charge is 0.329 e. The minimum absolute atomic E-state index is 0.0658. The monoisotopic (exact) mass is 282 g/mol. The summed E-state index contributed by atoms with van der Waals surface area (Å²) in [5.74, 6) is -0.880. The number of amides is 2. The molecule has 1 atom stereocenters. The van der Waals surface area contributed by atoms with Crippen molar-refractivity contribution in [3.63, 3.8) is 0 Å². The fourth-order valence-corrected chi connectivity index (χ4v) is 3.15. The van der Waals surface area contributed by atoms with Crippen molar-refractivity contribution in [2.45, 2.75) is 64.3 Å². The first-order valence-electron chi connectivity index (χ1n) is 7.65. The average Bonchev–Trinajstić information content (AvgIpc) is 3.22. The van der Waals surface area contributed by atoms with Crippen molar-refractivity contribution in [3.8, 4) is 0 Å². The number of aliphatic carboxylic acids is 1. The molecule has 0 bridgehead atoms. The van der Waals surface area contributed by atoms with Crippen molar-refractivity contribution >= 4 is 12.0 Å². The molecule has 2 fully saturated rings. The standard InChI is InChI=1S/C15H26N2O3/c1-14(8-4-3-5-9-14)10-16-13(20)17-15(2,12(18)19)11-6-7-11/h11H,3-10H2,1-2H3,(H,18,19)(H2,16,17,20). The minimum atomic E-state index is -1.13. The third-order valence-electron chi connectivity index (χ3n) is 4.95. The maximum Gasteiger partial charge on any atom is 0.329 e. The largest absolute Gasteiger partial charge is 0.480 e. The van der Waals surface area contributed by atoms with Gasteiger partial charge in [-0.1, -0.05) is 26.2 Å². The van der Waals surface area contributed by atoms with Gasteiger partial charge in [0.25, 0.3) is 0 Å². The van der Waals surface area contributed by atoms with Gasteiger partial charge in [0.1, 0.15) is 5.54 Å². The van der Waals surface area contributed by atoms with E-state index >= 15 is 0 Å². The summed E-state index contributed by atoms with van der Waals surface area (Å²) >= 11 is 0. The lowest BCUT2D eigenvalue weighted by atomic mass is 9.76. The van der Waals surface area contributed by atoms with Crippen molar-refractivity contribution in [1.82, 2.24) is 10.6 Å². The van der Waals surface area contributed by atoms with Gasteiger partial charge in [-0.15, -0.1) is 0 Å². The summed E-state index contributed by atoms with van der Waals surface area (Å²) in [6.07, 6.45) is 7.73. The van der Waals surface area contributed by atoms with E-state index in [1.165, 1.54) is 19.3 Å². The van der Waals surface area contributed by atoms with Crippen molar-refractivity contribution in [2.75, 3.05) is 6.54 Å². The van der Waals surface area contributed by atoms with Gasteiger partial charge in [0.2, 0.25) is 0 Å². The zero-order valence-corrected chi connectivity index (χ0v) is 12.5. The highest BCUT2D eigenvalue weighted by Gasteiger charge is 2.48. The van der Waals surface area contributed by atoms with Crippen LogP contribution in [0.1, 0.15) is 58.8 Å². The number of rotatable bonds is 5. The Bertz CT molecular complexity index is 387.